The minimum Gasteiger partial charge on any atom is -0.323 e. The number of nitrogens with zero attached hydrogens (tertiary/aromatic N) is 4. The van der Waals surface area contributed by atoms with E-state index in [1.54, 1.807) is 22.4 Å². The molecule has 3 rings (SSSR count). The Morgan fingerprint density at radius 1 is 1.58 bits per heavy atom. The highest BCUT2D eigenvalue weighted by Gasteiger charge is 2.24. The monoisotopic (exact) mass is 294 g/mol. The third-order valence-electron chi connectivity index (χ3n) is 3.16. The molecular formula is C12H14N4OS2. The van der Waals surface area contributed by atoms with E-state index < -0.39 is 0 Å². The molecule has 0 unspecified atom stereocenters. The summed E-state index contributed by atoms with van der Waals surface area (Å²) in [4.78, 5) is 22.6. The van der Waals surface area contributed by atoms with E-state index in [0.29, 0.717) is 13.1 Å². The Morgan fingerprint density at radius 3 is 3.26 bits per heavy atom. The summed E-state index contributed by atoms with van der Waals surface area (Å²) >= 11 is 3.07. The highest BCUT2D eigenvalue weighted by molar-refractivity contribution is 7.09. The summed E-state index contributed by atoms with van der Waals surface area (Å²) in [6.45, 7) is 2.06. The first-order chi connectivity index (χ1) is 9.24. The third kappa shape index (κ3) is 2.62. The van der Waals surface area contributed by atoms with Gasteiger partial charge in [-0.05, 0) is 17.6 Å². The minimum absolute atomic E-state index is 0.0763. The lowest BCUT2D eigenvalue weighted by atomic mass is 10.2. The molecule has 0 aliphatic carbocycles. The molecule has 2 amide bonds. The fraction of sp³-hybridized carbons (Fsp3) is 0.417. The van der Waals surface area contributed by atoms with Gasteiger partial charge in [-0.2, -0.15) is 0 Å². The van der Waals surface area contributed by atoms with Crippen molar-refractivity contribution in [2.75, 3.05) is 13.6 Å². The molecule has 0 fully saturated rings. The van der Waals surface area contributed by atoms with Crippen molar-refractivity contribution in [3.63, 3.8) is 0 Å². The van der Waals surface area contributed by atoms with Gasteiger partial charge in [-0.1, -0.05) is 0 Å². The smallest absolute Gasteiger partial charge is 0.320 e. The van der Waals surface area contributed by atoms with Crippen LogP contribution in [0.5, 0.6) is 0 Å². The van der Waals surface area contributed by atoms with Gasteiger partial charge < -0.3 is 9.80 Å². The second kappa shape index (κ2) is 5.26. The first kappa shape index (κ1) is 12.6. The molecule has 1 aliphatic rings. The van der Waals surface area contributed by atoms with Gasteiger partial charge in [0, 0.05) is 36.0 Å². The predicted molar refractivity (Wildman–Crippen MR) is 75.2 cm³/mol. The summed E-state index contributed by atoms with van der Waals surface area (Å²) in [6, 6.07) is 2.03. The highest BCUT2D eigenvalue weighted by atomic mass is 32.1. The van der Waals surface area contributed by atoms with Crippen LogP contribution in [0.25, 0.3) is 0 Å². The Bertz CT molecular complexity index is 566. The molecule has 2 aromatic rings. The molecule has 0 N–H and O–H groups in total. The maximum Gasteiger partial charge on any atom is 0.320 e. The van der Waals surface area contributed by atoms with Gasteiger partial charge in [0.15, 0.2) is 0 Å². The van der Waals surface area contributed by atoms with Crippen molar-refractivity contribution < 1.29 is 4.79 Å². The van der Waals surface area contributed by atoms with Crippen molar-refractivity contribution >= 4 is 28.9 Å². The number of rotatable bonds is 2. The predicted octanol–water partition coefficient (Wildman–Crippen LogP) is 2.21. The maximum absolute atomic E-state index is 12.4. The van der Waals surface area contributed by atoms with Crippen LogP contribution in [0.3, 0.4) is 0 Å². The second-order valence-corrected chi connectivity index (χ2v) is 6.37. The van der Waals surface area contributed by atoms with Crippen molar-refractivity contribution in [2.24, 2.45) is 0 Å². The van der Waals surface area contributed by atoms with Crippen LogP contribution in [0.1, 0.15) is 15.4 Å². The summed E-state index contributed by atoms with van der Waals surface area (Å²) in [6.07, 6.45) is 2.63. The number of hydrogen-bond acceptors (Lipinski definition) is 5. The van der Waals surface area contributed by atoms with Crippen molar-refractivity contribution in [1.82, 2.24) is 19.2 Å². The summed E-state index contributed by atoms with van der Waals surface area (Å²) < 4.78 is 4.05. The molecule has 1 aliphatic heterocycles. The van der Waals surface area contributed by atoms with Crippen LogP contribution >= 0.6 is 22.9 Å². The second-order valence-electron chi connectivity index (χ2n) is 4.51. The van der Waals surface area contributed by atoms with Gasteiger partial charge in [0.2, 0.25) is 0 Å². The van der Waals surface area contributed by atoms with E-state index in [1.807, 2.05) is 23.5 Å². The van der Waals surface area contributed by atoms with Crippen molar-refractivity contribution in [3.05, 3.63) is 33.2 Å². The van der Waals surface area contributed by atoms with Gasteiger partial charge in [0.1, 0.15) is 0 Å². The lowest BCUT2D eigenvalue weighted by Crippen LogP contribution is -2.43. The van der Waals surface area contributed by atoms with E-state index in [2.05, 4.69) is 9.36 Å². The summed E-state index contributed by atoms with van der Waals surface area (Å²) in [5, 5.41) is 0. The molecule has 5 nitrogen and oxygen atoms in total. The van der Waals surface area contributed by atoms with Crippen LogP contribution in [-0.2, 0) is 19.5 Å². The lowest BCUT2D eigenvalue weighted by Gasteiger charge is -2.30. The SMILES string of the molecule is CN(Cc1ccns1)C(=O)N1CCc2ncsc2C1. The third-order valence-corrected chi connectivity index (χ3v) is 4.75. The average Bonchev–Trinajstić information content (AvgIpc) is 3.07. The average molecular weight is 294 g/mol. The van der Waals surface area contributed by atoms with Gasteiger partial charge in [0.05, 0.1) is 24.3 Å². The van der Waals surface area contributed by atoms with Crippen LogP contribution in [0.4, 0.5) is 4.79 Å². The molecule has 100 valence electrons. The number of urea groups is 1. The van der Waals surface area contributed by atoms with Crippen LogP contribution < -0.4 is 0 Å². The van der Waals surface area contributed by atoms with Crippen LogP contribution in [0.15, 0.2) is 17.8 Å². The molecule has 0 bridgehead atoms. The minimum atomic E-state index is 0.0763. The quantitative estimate of drug-likeness (QED) is 0.853. The standard InChI is InChI=1S/C12H14N4OS2/c1-15(6-9-2-4-14-19-9)12(17)16-5-3-10-11(7-16)18-8-13-10/h2,4,8H,3,5-7H2,1H3. The number of thiazole rings is 1. The van der Waals surface area contributed by atoms with Gasteiger partial charge in [-0.3, -0.25) is 0 Å². The van der Waals surface area contributed by atoms with E-state index in [1.165, 1.54) is 16.4 Å². The van der Waals surface area contributed by atoms with Gasteiger partial charge in [-0.15, -0.1) is 11.3 Å². The Kier molecular flexibility index (Phi) is 3.48. The fourth-order valence-corrected chi connectivity index (χ4v) is 3.61. The van der Waals surface area contributed by atoms with Crippen molar-refractivity contribution in [2.45, 2.75) is 19.5 Å². The van der Waals surface area contributed by atoms with E-state index in [9.17, 15) is 4.79 Å². The number of carbonyl (C=O) groups excluding carboxylic acids is 1. The van der Waals surface area contributed by atoms with E-state index >= 15 is 0 Å². The van der Waals surface area contributed by atoms with Crippen LogP contribution in [-0.4, -0.2) is 38.8 Å². The molecule has 2 aromatic heterocycles. The molecule has 0 saturated carbocycles. The topological polar surface area (TPSA) is 49.3 Å². The molecule has 0 spiro atoms. The number of aromatic nitrogens is 2. The highest BCUT2D eigenvalue weighted by Crippen LogP contribution is 2.22. The molecule has 3 heterocycles. The van der Waals surface area contributed by atoms with Crippen LogP contribution in [0.2, 0.25) is 0 Å². The number of amides is 2. The number of hydrogen-bond donors (Lipinski definition) is 0. The lowest BCUT2D eigenvalue weighted by molar-refractivity contribution is 0.156. The van der Waals surface area contributed by atoms with Gasteiger partial charge >= 0.3 is 6.03 Å². The Morgan fingerprint density at radius 2 is 2.47 bits per heavy atom. The van der Waals surface area contributed by atoms with Crippen molar-refractivity contribution in [1.29, 1.82) is 0 Å². The molecular weight excluding hydrogens is 280 g/mol. The zero-order valence-corrected chi connectivity index (χ0v) is 12.2. The Hall–Kier alpha value is -1.47. The molecule has 0 radical (unpaired) electrons. The fourth-order valence-electron chi connectivity index (χ4n) is 2.15. The summed E-state index contributed by atoms with van der Waals surface area (Å²) in [5.74, 6) is 0. The van der Waals surface area contributed by atoms with Gasteiger partial charge in [-0.25, -0.2) is 14.2 Å². The van der Waals surface area contributed by atoms with E-state index in [-0.39, 0.29) is 6.03 Å². The molecule has 0 aromatic carbocycles. The summed E-state index contributed by atoms with van der Waals surface area (Å²) in [7, 11) is 1.84. The molecule has 0 atom stereocenters. The number of fused-ring (bicyclic) bond motifs is 1. The Labute approximate surface area is 119 Å². The molecule has 7 heteroatoms. The normalized spacial score (nSPS) is 14.3. The molecule has 0 saturated heterocycles. The summed E-state index contributed by atoms with van der Waals surface area (Å²) in [5.41, 5.74) is 3.01. The van der Waals surface area contributed by atoms with Gasteiger partial charge in [0.25, 0.3) is 0 Å². The van der Waals surface area contributed by atoms with Crippen molar-refractivity contribution in [3.8, 4) is 0 Å². The maximum atomic E-state index is 12.4. The number of carbonyl (C=O) groups is 1. The molecule has 19 heavy (non-hydrogen) atoms. The van der Waals surface area contributed by atoms with E-state index in [4.69, 9.17) is 0 Å². The van der Waals surface area contributed by atoms with Crippen LogP contribution in [0, 0.1) is 0 Å². The first-order valence-electron chi connectivity index (χ1n) is 6.05. The zero-order chi connectivity index (χ0) is 13.2. The Balaban J connectivity index is 1.65. The first-order valence-corrected chi connectivity index (χ1v) is 7.70. The largest absolute Gasteiger partial charge is 0.323 e. The zero-order valence-electron chi connectivity index (χ0n) is 10.6. The van der Waals surface area contributed by atoms with E-state index in [0.717, 1.165) is 23.5 Å².